The van der Waals surface area contributed by atoms with Gasteiger partial charge in [0, 0.05) is 19.3 Å². The lowest BCUT2D eigenvalue weighted by Crippen LogP contribution is -2.35. The third-order valence-electron chi connectivity index (χ3n) is 2.41. The standard InChI is InChI=1S/C10H14N4O4S/c1-2-8(5-11)19(17,18)13-3-4-14-6-9(10(15)16)12-7-14/h6-8,13H,2-4H2,1H3,(H,15,16). The van der Waals surface area contributed by atoms with Gasteiger partial charge in [-0.2, -0.15) is 5.26 Å². The van der Waals surface area contributed by atoms with Crippen molar-refractivity contribution in [1.82, 2.24) is 14.3 Å². The summed E-state index contributed by atoms with van der Waals surface area (Å²) < 4.78 is 27.0. The number of imidazole rings is 1. The molecule has 0 radical (unpaired) electrons. The van der Waals surface area contributed by atoms with E-state index >= 15 is 0 Å². The number of carboxylic acid groups (broad SMARTS) is 1. The quantitative estimate of drug-likeness (QED) is 0.715. The number of hydrogen-bond acceptors (Lipinski definition) is 5. The summed E-state index contributed by atoms with van der Waals surface area (Å²) in [5.41, 5.74) is -0.105. The van der Waals surface area contributed by atoms with Crippen LogP contribution in [0.5, 0.6) is 0 Å². The molecule has 0 saturated heterocycles. The highest BCUT2D eigenvalue weighted by molar-refractivity contribution is 7.90. The molecule has 9 heteroatoms. The van der Waals surface area contributed by atoms with Gasteiger partial charge in [0.05, 0.1) is 12.4 Å². The molecule has 0 saturated carbocycles. The molecular formula is C10H14N4O4S. The number of hydrogen-bond donors (Lipinski definition) is 2. The summed E-state index contributed by atoms with van der Waals surface area (Å²) in [6.07, 6.45) is 2.82. The zero-order chi connectivity index (χ0) is 14.5. The molecular weight excluding hydrogens is 272 g/mol. The van der Waals surface area contributed by atoms with E-state index in [1.54, 1.807) is 13.0 Å². The van der Waals surface area contributed by atoms with Crippen LogP contribution in [0.1, 0.15) is 23.8 Å². The summed E-state index contributed by atoms with van der Waals surface area (Å²) in [6.45, 7) is 1.92. The molecule has 0 amide bonds. The lowest BCUT2D eigenvalue weighted by Gasteiger charge is -2.09. The fourth-order valence-corrected chi connectivity index (χ4v) is 2.55. The first kappa shape index (κ1) is 15.1. The second-order valence-electron chi connectivity index (χ2n) is 3.77. The van der Waals surface area contributed by atoms with Gasteiger partial charge in [0.15, 0.2) is 10.9 Å². The van der Waals surface area contributed by atoms with E-state index in [0.29, 0.717) is 0 Å². The molecule has 0 aliphatic carbocycles. The predicted octanol–water partition coefficient (Wildman–Crippen LogP) is -0.197. The summed E-state index contributed by atoms with van der Waals surface area (Å²) in [4.78, 5) is 14.2. The van der Waals surface area contributed by atoms with Crippen molar-refractivity contribution in [3.63, 3.8) is 0 Å². The fourth-order valence-electron chi connectivity index (χ4n) is 1.39. The molecule has 0 aliphatic rings. The monoisotopic (exact) mass is 286 g/mol. The largest absolute Gasteiger partial charge is 0.476 e. The number of aromatic nitrogens is 2. The van der Waals surface area contributed by atoms with E-state index in [-0.39, 0.29) is 25.2 Å². The molecule has 1 aromatic heterocycles. The number of carboxylic acids is 1. The molecule has 1 heterocycles. The SMILES string of the molecule is CCC(C#N)S(=O)(=O)NCCn1cnc(C(=O)O)c1. The molecule has 0 spiro atoms. The minimum absolute atomic E-state index is 0.0654. The van der Waals surface area contributed by atoms with Crippen molar-refractivity contribution >= 4 is 16.0 Å². The number of carbonyl (C=O) groups is 1. The number of nitrogens with zero attached hydrogens (tertiary/aromatic N) is 3. The first-order valence-electron chi connectivity index (χ1n) is 5.54. The number of aromatic carboxylic acids is 1. The Kier molecular flexibility index (Phi) is 5.02. The van der Waals surface area contributed by atoms with Gasteiger partial charge in [-0.15, -0.1) is 0 Å². The van der Waals surface area contributed by atoms with Gasteiger partial charge in [0.1, 0.15) is 0 Å². The van der Waals surface area contributed by atoms with E-state index in [0.717, 1.165) is 0 Å². The average Bonchev–Trinajstić information content (AvgIpc) is 2.78. The molecule has 0 bridgehead atoms. The normalized spacial score (nSPS) is 12.8. The second-order valence-corrected chi connectivity index (χ2v) is 5.71. The van der Waals surface area contributed by atoms with Gasteiger partial charge in [0.2, 0.25) is 10.0 Å². The zero-order valence-electron chi connectivity index (χ0n) is 10.3. The zero-order valence-corrected chi connectivity index (χ0v) is 11.1. The van der Waals surface area contributed by atoms with Crippen molar-refractivity contribution in [1.29, 1.82) is 5.26 Å². The lowest BCUT2D eigenvalue weighted by molar-refractivity contribution is 0.0691. The Balaban J connectivity index is 2.54. The summed E-state index contributed by atoms with van der Waals surface area (Å²) in [5, 5.41) is 16.3. The fraction of sp³-hybridized carbons (Fsp3) is 0.500. The molecule has 1 aromatic rings. The summed E-state index contributed by atoms with van der Waals surface area (Å²) in [7, 11) is -3.66. The number of nitrogens with one attached hydrogen (secondary N) is 1. The molecule has 1 atom stereocenters. The van der Waals surface area contributed by atoms with Gasteiger partial charge >= 0.3 is 5.97 Å². The number of nitriles is 1. The Morgan fingerprint density at radius 3 is 2.84 bits per heavy atom. The Morgan fingerprint density at radius 1 is 1.68 bits per heavy atom. The predicted molar refractivity (Wildman–Crippen MR) is 65.8 cm³/mol. The van der Waals surface area contributed by atoms with Crippen LogP contribution >= 0.6 is 0 Å². The van der Waals surface area contributed by atoms with Crippen LogP contribution in [0.25, 0.3) is 0 Å². The van der Waals surface area contributed by atoms with Gasteiger partial charge in [-0.05, 0) is 6.42 Å². The van der Waals surface area contributed by atoms with E-state index in [1.165, 1.54) is 17.1 Å². The van der Waals surface area contributed by atoms with Gasteiger partial charge in [-0.25, -0.2) is 22.9 Å². The minimum atomic E-state index is -3.66. The van der Waals surface area contributed by atoms with E-state index in [2.05, 4.69) is 9.71 Å². The molecule has 0 aromatic carbocycles. The highest BCUT2D eigenvalue weighted by atomic mass is 32.2. The smallest absolute Gasteiger partial charge is 0.356 e. The van der Waals surface area contributed by atoms with Crippen molar-refractivity contribution in [2.75, 3.05) is 6.54 Å². The third-order valence-corrected chi connectivity index (χ3v) is 4.21. The first-order chi connectivity index (χ1) is 8.90. The Morgan fingerprint density at radius 2 is 2.37 bits per heavy atom. The van der Waals surface area contributed by atoms with Crippen LogP contribution in [-0.4, -0.2) is 40.8 Å². The maximum atomic E-state index is 11.6. The van der Waals surface area contributed by atoms with Crippen LogP contribution in [0.3, 0.4) is 0 Å². The van der Waals surface area contributed by atoms with Crippen LogP contribution in [0.2, 0.25) is 0 Å². The van der Waals surface area contributed by atoms with Crippen molar-refractivity contribution in [2.45, 2.75) is 25.1 Å². The Hall–Kier alpha value is -1.92. The number of sulfonamides is 1. The van der Waals surface area contributed by atoms with Gasteiger partial charge in [-0.1, -0.05) is 6.92 Å². The van der Waals surface area contributed by atoms with E-state index in [9.17, 15) is 13.2 Å². The molecule has 19 heavy (non-hydrogen) atoms. The average molecular weight is 286 g/mol. The first-order valence-corrected chi connectivity index (χ1v) is 7.08. The summed E-state index contributed by atoms with van der Waals surface area (Å²) in [6, 6.07) is 1.71. The topological polar surface area (TPSA) is 125 Å². The van der Waals surface area contributed by atoms with E-state index in [1.807, 2.05) is 0 Å². The molecule has 2 N–H and O–H groups in total. The molecule has 0 aliphatic heterocycles. The van der Waals surface area contributed by atoms with Gasteiger partial charge in [-0.3, -0.25) is 0 Å². The van der Waals surface area contributed by atoms with Crippen LogP contribution < -0.4 is 4.72 Å². The van der Waals surface area contributed by atoms with Crippen LogP contribution in [0.15, 0.2) is 12.5 Å². The lowest BCUT2D eigenvalue weighted by atomic mass is 10.4. The van der Waals surface area contributed by atoms with Crippen molar-refractivity contribution in [2.24, 2.45) is 0 Å². The molecule has 8 nitrogen and oxygen atoms in total. The van der Waals surface area contributed by atoms with Crippen molar-refractivity contribution in [3.8, 4) is 6.07 Å². The molecule has 1 rings (SSSR count). The Bertz CT molecular complexity index is 587. The molecule has 0 fully saturated rings. The molecule has 104 valence electrons. The van der Waals surface area contributed by atoms with Crippen LogP contribution in [-0.2, 0) is 16.6 Å². The van der Waals surface area contributed by atoms with E-state index in [4.69, 9.17) is 10.4 Å². The summed E-state index contributed by atoms with van der Waals surface area (Å²) in [5.74, 6) is -1.14. The van der Waals surface area contributed by atoms with Gasteiger partial charge < -0.3 is 9.67 Å². The van der Waals surface area contributed by atoms with Crippen molar-refractivity contribution < 1.29 is 18.3 Å². The maximum Gasteiger partial charge on any atom is 0.356 e. The van der Waals surface area contributed by atoms with Crippen LogP contribution in [0, 0.1) is 11.3 Å². The molecule has 1 unspecified atom stereocenters. The summed E-state index contributed by atoms with van der Waals surface area (Å²) >= 11 is 0. The van der Waals surface area contributed by atoms with Gasteiger partial charge in [0.25, 0.3) is 0 Å². The van der Waals surface area contributed by atoms with Crippen LogP contribution in [0.4, 0.5) is 0 Å². The second kappa shape index (κ2) is 6.31. The number of rotatable bonds is 7. The van der Waals surface area contributed by atoms with E-state index < -0.39 is 21.2 Å². The van der Waals surface area contributed by atoms with Crippen molar-refractivity contribution in [3.05, 3.63) is 18.2 Å². The maximum absolute atomic E-state index is 11.6. The highest BCUT2D eigenvalue weighted by Gasteiger charge is 2.22. The third kappa shape index (κ3) is 4.04. The highest BCUT2D eigenvalue weighted by Crippen LogP contribution is 2.02. The Labute approximate surface area is 110 Å². The minimum Gasteiger partial charge on any atom is -0.476 e.